The summed E-state index contributed by atoms with van der Waals surface area (Å²) in [6.07, 6.45) is 27.2. The van der Waals surface area contributed by atoms with Crippen molar-refractivity contribution in [3.8, 4) is 0 Å². The fourth-order valence-electron chi connectivity index (χ4n) is 4.54. The van der Waals surface area contributed by atoms with E-state index in [-0.39, 0.29) is 11.4 Å². The van der Waals surface area contributed by atoms with Crippen molar-refractivity contribution >= 4 is 24.6 Å². The third-order valence-electron chi connectivity index (χ3n) is 6.79. The monoisotopic (exact) mass is 500 g/mol. The van der Waals surface area contributed by atoms with Gasteiger partial charge in [0.1, 0.15) is 13.0 Å². The first-order valence-corrected chi connectivity index (χ1v) is 15.0. The van der Waals surface area contributed by atoms with Gasteiger partial charge in [0.15, 0.2) is 0 Å². The zero-order chi connectivity index (χ0) is 25.3. The number of unbranched alkanes of at least 4 members (excludes halogenated alkanes) is 18. The summed E-state index contributed by atoms with van der Waals surface area (Å²) in [5, 5.41) is 8.80. The quantitative estimate of drug-likeness (QED) is 0.0537. The first kappa shape index (κ1) is 33.3. The second-order valence-electron chi connectivity index (χ2n) is 10.3. The minimum absolute atomic E-state index is 0.219. The van der Waals surface area contributed by atoms with E-state index in [1.807, 2.05) is 0 Å². The summed E-state index contributed by atoms with van der Waals surface area (Å²) in [5.41, 5.74) is 0. The number of carboxylic acid groups (broad SMARTS) is 1. The van der Waals surface area contributed by atoms with Gasteiger partial charge < -0.3 is 9.84 Å². The summed E-state index contributed by atoms with van der Waals surface area (Å²) in [6.45, 7) is 4.73. The average Bonchev–Trinajstić information content (AvgIpc) is 2.80. The highest BCUT2D eigenvalue weighted by molar-refractivity contribution is 7.81. The van der Waals surface area contributed by atoms with E-state index >= 15 is 0 Å². The second-order valence-corrected chi connectivity index (χ2v) is 11.3. The van der Waals surface area contributed by atoms with E-state index in [1.165, 1.54) is 116 Å². The Bertz CT molecular complexity index is 457. The summed E-state index contributed by atoms with van der Waals surface area (Å²) in [6, 6.07) is 0. The SMILES string of the molecule is CCCCCCCCCCCCC(S)(CCCCCCCCCCCC)COC(=O)CC(=O)O. The molecule has 0 heterocycles. The van der Waals surface area contributed by atoms with Crippen LogP contribution in [0.3, 0.4) is 0 Å². The van der Waals surface area contributed by atoms with Crippen LogP contribution in [0.2, 0.25) is 0 Å². The van der Waals surface area contributed by atoms with Gasteiger partial charge in [-0.05, 0) is 12.8 Å². The first-order chi connectivity index (χ1) is 16.4. The van der Waals surface area contributed by atoms with Crippen LogP contribution in [-0.2, 0) is 14.3 Å². The molecule has 0 aromatic rings. The Labute approximate surface area is 216 Å². The van der Waals surface area contributed by atoms with Gasteiger partial charge in [-0.3, -0.25) is 9.59 Å². The minimum Gasteiger partial charge on any atom is -0.481 e. The molecule has 5 heteroatoms. The van der Waals surface area contributed by atoms with Gasteiger partial charge in [0.05, 0.1) is 0 Å². The molecule has 0 aromatic carbocycles. The Hall–Kier alpha value is -0.710. The molecule has 0 saturated carbocycles. The van der Waals surface area contributed by atoms with E-state index in [4.69, 9.17) is 22.5 Å². The van der Waals surface area contributed by atoms with Crippen LogP contribution in [0.1, 0.15) is 162 Å². The average molecular weight is 501 g/mol. The van der Waals surface area contributed by atoms with Gasteiger partial charge in [0.2, 0.25) is 0 Å². The van der Waals surface area contributed by atoms with Crippen molar-refractivity contribution in [2.24, 2.45) is 0 Å². The number of thiol groups is 1. The molecule has 0 atom stereocenters. The minimum atomic E-state index is -1.14. The smallest absolute Gasteiger partial charge is 0.317 e. The van der Waals surface area contributed by atoms with Gasteiger partial charge in [0, 0.05) is 4.75 Å². The zero-order valence-electron chi connectivity index (χ0n) is 22.6. The normalized spacial score (nSPS) is 11.6. The maximum Gasteiger partial charge on any atom is 0.317 e. The topological polar surface area (TPSA) is 63.6 Å². The molecule has 0 aliphatic heterocycles. The number of aliphatic carboxylic acids is 1. The Morgan fingerprint density at radius 1 is 0.618 bits per heavy atom. The van der Waals surface area contributed by atoms with E-state index in [0.717, 1.165) is 25.7 Å². The van der Waals surface area contributed by atoms with Gasteiger partial charge in [-0.25, -0.2) is 0 Å². The molecule has 0 rings (SSSR count). The summed E-state index contributed by atoms with van der Waals surface area (Å²) < 4.78 is 4.97. The molecule has 0 aliphatic carbocycles. The number of ether oxygens (including phenoxy) is 1. The number of carbonyl (C=O) groups excluding carboxylic acids is 1. The summed E-state index contributed by atoms with van der Waals surface area (Å²) in [5.74, 6) is -1.80. The highest BCUT2D eigenvalue weighted by atomic mass is 32.1. The Morgan fingerprint density at radius 2 is 0.941 bits per heavy atom. The highest BCUT2D eigenvalue weighted by Crippen LogP contribution is 2.30. The van der Waals surface area contributed by atoms with Crippen LogP contribution in [0.25, 0.3) is 0 Å². The molecule has 0 aromatic heterocycles. The molecule has 0 unspecified atom stereocenters. The molecule has 0 amide bonds. The molecule has 0 fully saturated rings. The van der Waals surface area contributed by atoms with E-state index in [2.05, 4.69) is 13.8 Å². The largest absolute Gasteiger partial charge is 0.481 e. The highest BCUT2D eigenvalue weighted by Gasteiger charge is 2.27. The standard InChI is InChI=1S/C29H56O4S/c1-3-5-7-9-11-13-15-17-19-21-23-29(34,26-33-28(32)25-27(30)31)24-22-20-18-16-14-12-10-8-6-4-2/h34H,3-26H2,1-2H3,(H,30,31). The van der Waals surface area contributed by atoms with Crippen molar-refractivity contribution in [3.05, 3.63) is 0 Å². The lowest BCUT2D eigenvalue weighted by atomic mass is 9.93. The molecule has 0 saturated heterocycles. The van der Waals surface area contributed by atoms with Crippen LogP contribution in [0.4, 0.5) is 0 Å². The third-order valence-corrected chi connectivity index (χ3v) is 7.37. The molecule has 1 N–H and O–H groups in total. The van der Waals surface area contributed by atoms with E-state index in [9.17, 15) is 9.59 Å². The molecule has 0 radical (unpaired) electrons. The fourth-order valence-corrected chi connectivity index (χ4v) is 4.92. The summed E-state index contributed by atoms with van der Waals surface area (Å²) in [7, 11) is 0. The van der Waals surface area contributed by atoms with Crippen LogP contribution in [-0.4, -0.2) is 28.4 Å². The molecule has 4 nitrogen and oxygen atoms in total. The maximum atomic E-state index is 11.7. The number of rotatable bonds is 26. The van der Waals surface area contributed by atoms with Crippen LogP contribution in [0, 0.1) is 0 Å². The van der Waals surface area contributed by atoms with Crippen molar-refractivity contribution in [1.29, 1.82) is 0 Å². The van der Waals surface area contributed by atoms with Crippen LogP contribution in [0.5, 0.6) is 0 Å². The molecule has 34 heavy (non-hydrogen) atoms. The molecular weight excluding hydrogens is 444 g/mol. The number of carboxylic acids is 1. The molecule has 0 aliphatic rings. The summed E-state index contributed by atoms with van der Waals surface area (Å²) in [4.78, 5) is 22.5. The molecular formula is C29H56O4S. The lowest BCUT2D eigenvalue weighted by Gasteiger charge is -2.28. The molecule has 202 valence electrons. The van der Waals surface area contributed by atoms with E-state index in [1.54, 1.807) is 0 Å². The Balaban J connectivity index is 4.13. The van der Waals surface area contributed by atoms with Crippen LogP contribution < -0.4 is 0 Å². The van der Waals surface area contributed by atoms with Crippen LogP contribution in [0.15, 0.2) is 0 Å². The lowest BCUT2D eigenvalue weighted by Crippen LogP contribution is -2.30. The summed E-state index contributed by atoms with van der Waals surface area (Å²) >= 11 is 4.94. The van der Waals surface area contributed by atoms with Gasteiger partial charge >= 0.3 is 11.9 Å². The number of hydrogen-bond acceptors (Lipinski definition) is 4. The first-order valence-electron chi connectivity index (χ1n) is 14.5. The van der Waals surface area contributed by atoms with E-state index < -0.39 is 18.4 Å². The number of hydrogen-bond donors (Lipinski definition) is 2. The second kappa shape index (κ2) is 24.0. The van der Waals surface area contributed by atoms with Gasteiger partial charge in [-0.2, -0.15) is 12.6 Å². The Morgan fingerprint density at radius 3 is 1.26 bits per heavy atom. The van der Waals surface area contributed by atoms with Crippen molar-refractivity contribution in [3.63, 3.8) is 0 Å². The van der Waals surface area contributed by atoms with Crippen molar-refractivity contribution in [2.75, 3.05) is 6.61 Å². The maximum absolute atomic E-state index is 11.7. The third kappa shape index (κ3) is 23.1. The van der Waals surface area contributed by atoms with Crippen molar-refractivity contribution in [1.82, 2.24) is 0 Å². The Kier molecular flexibility index (Phi) is 23.5. The number of carbonyl (C=O) groups is 2. The van der Waals surface area contributed by atoms with Crippen LogP contribution >= 0.6 is 12.6 Å². The van der Waals surface area contributed by atoms with Crippen molar-refractivity contribution < 1.29 is 19.4 Å². The van der Waals surface area contributed by atoms with Gasteiger partial charge in [0.25, 0.3) is 0 Å². The van der Waals surface area contributed by atoms with Crippen molar-refractivity contribution in [2.45, 2.75) is 166 Å². The predicted molar refractivity (Wildman–Crippen MR) is 148 cm³/mol. The van der Waals surface area contributed by atoms with E-state index in [0.29, 0.717) is 0 Å². The molecule has 0 spiro atoms. The number of esters is 1. The van der Waals surface area contributed by atoms with Gasteiger partial charge in [-0.1, -0.05) is 142 Å². The van der Waals surface area contributed by atoms with Gasteiger partial charge in [-0.15, -0.1) is 0 Å². The lowest BCUT2D eigenvalue weighted by molar-refractivity contribution is -0.151. The zero-order valence-corrected chi connectivity index (χ0v) is 23.5. The fraction of sp³-hybridized carbons (Fsp3) is 0.931. The molecule has 0 bridgehead atoms. The predicted octanol–water partition coefficient (Wildman–Crippen LogP) is 9.29.